The Hall–Kier alpha value is 2.46. The Morgan fingerprint density at radius 3 is 0.947 bits per heavy atom. The van der Waals surface area contributed by atoms with Crippen LogP contribution in [0.25, 0.3) is 0 Å². The standard InChI is InChI=1S/C9H21BCl6Si3/c11-7(12)4(17)1-10(2-5(18)8(13)14)3-6(19)9(15)16/h4-9H,1-3H2,17-19H3. The summed E-state index contributed by atoms with van der Waals surface area (Å²) in [5, 5.41) is 0. The third-order valence-electron chi connectivity index (χ3n) is 3.41. The lowest BCUT2D eigenvalue weighted by atomic mass is 9.41. The van der Waals surface area contributed by atoms with E-state index in [0.29, 0.717) is 23.3 Å². The van der Waals surface area contributed by atoms with Crippen molar-refractivity contribution in [3.05, 3.63) is 0 Å². The van der Waals surface area contributed by atoms with Crippen molar-refractivity contribution >= 4 is 107 Å². The SMILES string of the molecule is [SiH3]C(CB(CC([SiH3])C(Cl)Cl)CC([SiH3])C(Cl)Cl)C(Cl)Cl. The topological polar surface area (TPSA) is 0 Å². The number of rotatable bonds is 9. The van der Waals surface area contributed by atoms with E-state index < -0.39 is 0 Å². The van der Waals surface area contributed by atoms with E-state index in [2.05, 4.69) is 0 Å². The van der Waals surface area contributed by atoms with E-state index in [9.17, 15) is 0 Å². The van der Waals surface area contributed by atoms with Crippen LogP contribution in [0.15, 0.2) is 0 Å². The predicted octanol–water partition coefficient (Wildman–Crippen LogP) is 2.35. The molecule has 0 bridgehead atoms. The van der Waals surface area contributed by atoms with Crippen LogP contribution in [0, 0.1) is 0 Å². The van der Waals surface area contributed by atoms with Crippen molar-refractivity contribution in [1.29, 1.82) is 0 Å². The van der Waals surface area contributed by atoms with Gasteiger partial charge in [-0.2, -0.15) is 0 Å². The van der Waals surface area contributed by atoms with Gasteiger partial charge >= 0.3 is 0 Å². The van der Waals surface area contributed by atoms with Crippen molar-refractivity contribution in [3.63, 3.8) is 0 Å². The zero-order chi connectivity index (χ0) is 15.2. The predicted molar refractivity (Wildman–Crippen MR) is 108 cm³/mol. The molecule has 0 aliphatic rings. The minimum Gasteiger partial charge on any atom is -0.105 e. The van der Waals surface area contributed by atoms with E-state index in [0.717, 1.165) is 49.7 Å². The van der Waals surface area contributed by atoms with E-state index in [1.165, 1.54) is 0 Å². The van der Waals surface area contributed by atoms with Gasteiger partial charge in [-0.3, -0.25) is 0 Å². The Morgan fingerprint density at radius 1 is 0.579 bits per heavy atom. The van der Waals surface area contributed by atoms with E-state index in [4.69, 9.17) is 69.6 Å². The van der Waals surface area contributed by atoms with Crippen LogP contribution >= 0.6 is 69.6 Å². The van der Waals surface area contributed by atoms with Crippen LogP contribution in [0.4, 0.5) is 0 Å². The molecule has 0 nitrogen and oxygen atoms in total. The van der Waals surface area contributed by atoms with Gasteiger partial charge < -0.3 is 0 Å². The van der Waals surface area contributed by atoms with Gasteiger partial charge in [0.05, 0.1) is 0 Å². The first-order chi connectivity index (χ1) is 8.65. The number of hydrogen-bond acceptors (Lipinski definition) is 0. The summed E-state index contributed by atoms with van der Waals surface area (Å²) in [6.45, 7) is 0.521. The molecule has 0 aromatic carbocycles. The molecule has 0 saturated carbocycles. The molecule has 0 saturated heterocycles. The summed E-state index contributed by atoms with van der Waals surface area (Å²) < 4.78 is 0. The molecule has 3 unspecified atom stereocenters. The van der Waals surface area contributed by atoms with Crippen molar-refractivity contribution in [2.45, 2.75) is 50.1 Å². The van der Waals surface area contributed by atoms with Crippen molar-refractivity contribution in [2.75, 3.05) is 0 Å². The molecule has 114 valence electrons. The molecule has 19 heavy (non-hydrogen) atoms. The highest BCUT2D eigenvalue weighted by molar-refractivity contribution is 6.63. The van der Waals surface area contributed by atoms with Crippen LogP contribution in [0.5, 0.6) is 0 Å². The lowest BCUT2D eigenvalue weighted by Gasteiger charge is -2.25. The fraction of sp³-hybridized carbons (Fsp3) is 1.00. The van der Waals surface area contributed by atoms with Gasteiger partial charge in [-0.1, -0.05) is 19.0 Å². The van der Waals surface area contributed by atoms with Crippen LogP contribution in [0.2, 0.25) is 35.6 Å². The van der Waals surface area contributed by atoms with Gasteiger partial charge in [0.15, 0.2) is 0 Å². The van der Waals surface area contributed by atoms with Gasteiger partial charge in [0.2, 0.25) is 0 Å². The van der Waals surface area contributed by atoms with Gasteiger partial charge in [-0.05, 0) is 16.6 Å². The van der Waals surface area contributed by atoms with E-state index in [1.54, 1.807) is 0 Å². The fourth-order valence-corrected chi connectivity index (χ4v) is 4.79. The molecule has 0 heterocycles. The zero-order valence-corrected chi connectivity index (χ0v) is 22.0. The second-order valence-corrected chi connectivity index (χ2v) is 13.4. The van der Waals surface area contributed by atoms with Crippen LogP contribution in [-0.4, -0.2) is 51.9 Å². The minimum absolute atomic E-state index is 0.278. The molecule has 3 atom stereocenters. The largest absolute Gasteiger partial charge is 0.140 e. The maximum Gasteiger partial charge on any atom is 0.140 e. The molecule has 0 aliphatic heterocycles. The van der Waals surface area contributed by atoms with Crippen molar-refractivity contribution in [3.8, 4) is 0 Å². The first kappa shape index (κ1) is 21.5. The highest BCUT2D eigenvalue weighted by Crippen LogP contribution is 2.34. The number of halogens is 6. The van der Waals surface area contributed by atoms with Crippen molar-refractivity contribution in [1.82, 2.24) is 0 Å². The van der Waals surface area contributed by atoms with Crippen molar-refractivity contribution in [2.24, 2.45) is 0 Å². The van der Waals surface area contributed by atoms with Gasteiger partial charge in [-0.15, -0.1) is 69.6 Å². The van der Waals surface area contributed by atoms with Crippen LogP contribution < -0.4 is 0 Å². The number of hydrogen-bond donors (Lipinski definition) is 0. The van der Waals surface area contributed by atoms with Crippen LogP contribution in [0.1, 0.15) is 0 Å². The molecular formula is C9H21BCl6Si3. The Balaban J connectivity index is 4.54. The quantitative estimate of drug-likeness (QED) is 0.384. The summed E-state index contributed by atoms with van der Waals surface area (Å²) in [6, 6.07) is 0. The van der Waals surface area contributed by atoms with E-state index in [1.807, 2.05) is 0 Å². The summed E-state index contributed by atoms with van der Waals surface area (Å²) in [5.41, 5.74) is 1.18. The molecule has 0 aromatic heterocycles. The molecule has 0 aromatic rings. The highest BCUT2D eigenvalue weighted by atomic mass is 35.5. The Kier molecular flexibility index (Phi) is 12.5. The molecule has 0 radical (unpaired) electrons. The maximum atomic E-state index is 5.98. The normalized spacial score (nSPS) is 17.5. The highest BCUT2D eigenvalue weighted by Gasteiger charge is 2.27. The molecule has 0 fully saturated rings. The van der Waals surface area contributed by atoms with Gasteiger partial charge in [0.1, 0.15) is 21.2 Å². The molecule has 0 N–H and O–H groups in total. The first-order valence-electron chi connectivity index (χ1n) is 6.49. The summed E-state index contributed by atoms with van der Waals surface area (Å²) in [7, 11) is 2.97. The summed E-state index contributed by atoms with van der Waals surface area (Å²) >= 11 is 35.9. The molecular weight excluding hydrogens is 416 g/mol. The van der Waals surface area contributed by atoms with Crippen LogP contribution in [-0.2, 0) is 0 Å². The molecule has 0 spiro atoms. The van der Waals surface area contributed by atoms with E-state index in [-0.39, 0.29) is 14.5 Å². The summed E-state index contributed by atoms with van der Waals surface area (Å²) in [4.78, 5) is -0.834. The lowest BCUT2D eigenvalue weighted by molar-refractivity contribution is 0.916. The average Bonchev–Trinajstić information content (AvgIpc) is 2.27. The Labute approximate surface area is 156 Å². The smallest absolute Gasteiger partial charge is 0.105 e. The van der Waals surface area contributed by atoms with Gasteiger partial charge in [-0.25, -0.2) is 0 Å². The first-order valence-corrected chi connectivity index (χ1v) is 12.6. The monoisotopic (exact) mass is 434 g/mol. The minimum atomic E-state index is -0.278. The molecule has 10 heteroatoms. The van der Waals surface area contributed by atoms with Crippen LogP contribution in [0.3, 0.4) is 0 Å². The Bertz CT molecular complexity index is 208. The zero-order valence-electron chi connectivity index (χ0n) is 11.4. The lowest BCUT2D eigenvalue weighted by Crippen LogP contribution is -2.24. The second-order valence-electron chi connectivity index (χ2n) is 5.51. The third-order valence-corrected chi connectivity index (χ3v) is 11.9. The molecule has 0 aliphatic carbocycles. The second kappa shape index (κ2) is 11.1. The maximum absolute atomic E-state index is 5.98. The average molecular weight is 437 g/mol. The molecule has 0 amide bonds. The van der Waals surface area contributed by atoms with E-state index >= 15 is 0 Å². The molecule has 0 rings (SSSR count). The Morgan fingerprint density at radius 2 is 0.789 bits per heavy atom. The number of alkyl halides is 6. The summed E-state index contributed by atoms with van der Waals surface area (Å²) in [6.07, 6.45) is 3.09. The van der Waals surface area contributed by atoms with Gasteiger partial charge in [0, 0.05) is 30.7 Å². The third kappa shape index (κ3) is 9.95. The van der Waals surface area contributed by atoms with Crippen molar-refractivity contribution < 1.29 is 0 Å². The summed E-state index contributed by atoms with van der Waals surface area (Å²) in [5.74, 6) is 0. The fourth-order valence-electron chi connectivity index (χ4n) is 2.17. The van der Waals surface area contributed by atoms with Gasteiger partial charge in [0.25, 0.3) is 0 Å².